The van der Waals surface area contributed by atoms with Gasteiger partial charge in [0.15, 0.2) is 28.4 Å². The highest BCUT2D eigenvalue weighted by atomic mass is 79.9. The fourth-order valence-electron chi connectivity index (χ4n) is 2.04. The Bertz CT molecular complexity index is 746. The van der Waals surface area contributed by atoms with Gasteiger partial charge in [-0.25, -0.2) is 17.6 Å². The Hall–Kier alpha value is -1.67. The van der Waals surface area contributed by atoms with Gasteiger partial charge in [-0.05, 0) is 65.3 Å². The van der Waals surface area contributed by atoms with Crippen LogP contribution in [-0.2, 0) is 0 Å². The summed E-state index contributed by atoms with van der Waals surface area (Å²) in [6.07, 6.45) is 0. The summed E-state index contributed by atoms with van der Waals surface area (Å²) in [5, 5.41) is 4.65. The van der Waals surface area contributed by atoms with Crippen molar-refractivity contribution in [3.8, 4) is 0 Å². The first kappa shape index (κ1) is 17.7. The monoisotopic (exact) mass is 406 g/mol. The van der Waals surface area contributed by atoms with E-state index in [1.807, 2.05) is 19.9 Å². The fraction of sp³-hybridized carbons (Fsp3) is 0.133. The molecule has 2 rings (SSSR count). The molecule has 2 nitrogen and oxygen atoms in total. The number of halogens is 5. The van der Waals surface area contributed by atoms with Gasteiger partial charge in [-0.1, -0.05) is 6.07 Å². The molecule has 0 saturated heterocycles. The summed E-state index contributed by atoms with van der Waals surface area (Å²) in [5.41, 5.74) is 1.49. The third-order valence-electron chi connectivity index (χ3n) is 2.93. The average molecular weight is 407 g/mol. The van der Waals surface area contributed by atoms with Gasteiger partial charge in [0.1, 0.15) is 5.69 Å². The summed E-state index contributed by atoms with van der Waals surface area (Å²) in [4.78, 5) is 0. The third kappa shape index (κ3) is 3.81. The Morgan fingerprint density at radius 3 is 1.83 bits per heavy atom. The quantitative estimate of drug-likeness (QED) is 0.301. The minimum Gasteiger partial charge on any atom is -0.332 e. The van der Waals surface area contributed by atoms with E-state index in [0.717, 1.165) is 11.1 Å². The molecule has 2 N–H and O–H groups in total. The Kier molecular flexibility index (Phi) is 5.26. The van der Waals surface area contributed by atoms with Crippen LogP contribution >= 0.6 is 28.1 Å². The molecule has 23 heavy (non-hydrogen) atoms. The molecule has 0 aliphatic heterocycles. The molecule has 122 valence electrons. The standard InChI is InChI=1S/C15H11BrF4N2S/c1-6-3-7(2)5-8(4-6)21-15(23)22-14-12(19)10(17)9(16)11(18)13(14)20/h3-5H,1-2H3,(H2,21,22,23). The van der Waals surface area contributed by atoms with E-state index in [1.54, 1.807) is 12.1 Å². The van der Waals surface area contributed by atoms with Crippen molar-refractivity contribution in [1.29, 1.82) is 0 Å². The van der Waals surface area contributed by atoms with E-state index in [-0.39, 0.29) is 5.11 Å². The molecule has 0 heterocycles. The minimum atomic E-state index is -1.57. The van der Waals surface area contributed by atoms with Crippen LogP contribution in [0, 0.1) is 37.1 Å². The summed E-state index contributed by atoms with van der Waals surface area (Å²) in [5.74, 6) is -6.22. The number of hydrogen-bond donors (Lipinski definition) is 2. The van der Waals surface area contributed by atoms with Crippen LogP contribution in [-0.4, -0.2) is 5.11 Å². The van der Waals surface area contributed by atoms with Gasteiger partial charge in [0.2, 0.25) is 0 Å². The number of aryl methyl sites for hydroxylation is 2. The van der Waals surface area contributed by atoms with Crippen LogP contribution in [0.25, 0.3) is 0 Å². The fourth-order valence-corrected chi connectivity index (χ4v) is 2.61. The maximum atomic E-state index is 13.8. The van der Waals surface area contributed by atoms with Crippen LogP contribution in [0.15, 0.2) is 22.7 Å². The van der Waals surface area contributed by atoms with Crippen molar-refractivity contribution in [2.75, 3.05) is 10.6 Å². The lowest BCUT2D eigenvalue weighted by atomic mass is 10.1. The minimum absolute atomic E-state index is 0.200. The van der Waals surface area contributed by atoms with Crippen molar-refractivity contribution in [1.82, 2.24) is 0 Å². The molecule has 0 amide bonds. The van der Waals surface area contributed by atoms with E-state index in [0.29, 0.717) is 5.69 Å². The van der Waals surface area contributed by atoms with Crippen LogP contribution < -0.4 is 10.6 Å². The zero-order chi connectivity index (χ0) is 17.3. The van der Waals surface area contributed by atoms with E-state index in [4.69, 9.17) is 12.2 Å². The van der Waals surface area contributed by atoms with E-state index < -0.39 is 33.4 Å². The molecule has 8 heteroatoms. The molecule has 0 fully saturated rings. The van der Waals surface area contributed by atoms with Crippen molar-refractivity contribution >= 4 is 44.6 Å². The van der Waals surface area contributed by atoms with Crippen molar-refractivity contribution in [3.63, 3.8) is 0 Å². The number of rotatable bonds is 2. The van der Waals surface area contributed by atoms with Gasteiger partial charge in [0.05, 0.1) is 4.47 Å². The van der Waals surface area contributed by atoms with Crippen molar-refractivity contribution < 1.29 is 17.6 Å². The molecule has 0 spiro atoms. The highest BCUT2D eigenvalue weighted by Crippen LogP contribution is 2.31. The SMILES string of the molecule is Cc1cc(C)cc(NC(=S)Nc2c(F)c(F)c(Br)c(F)c2F)c1. The highest BCUT2D eigenvalue weighted by Gasteiger charge is 2.24. The summed E-state index contributed by atoms with van der Waals surface area (Å²) in [7, 11) is 0. The van der Waals surface area contributed by atoms with Gasteiger partial charge in [0.25, 0.3) is 0 Å². The van der Waals surface area contributed by atoms with Gasteiger partial charge in [0, 0.05) is 5.69 Å². The second kappa shape index (κ2) is 6.84. The molecule has 0 atom stereocenters. The maximum absolute atomic E-state index is 13.8. The first-order chi connectivity index (χ1) is 10.7. The highest BCUT2D eigenvalue weighted by molar-refractivity contribution is 9.10. The second-order valence-corrected chi connectivity index (χ2v) is 6.10. The predicted molar refractivity (Wildman–Crippen MR) is 89.7 cm³/mol. The van der Waals surface area contributed by atoms with Crippen LogP contribution in [0.2, 0.25) is 0 Å². The molecule has 2 aromatic rings. The molecule has 0 aliphatic rings. The molecular weight excluding hydrogens is 396 g/mol. The van der Waals surface area contributed by atoms with Crippen LogP contribution in [0.3, 0.4) is 0 Å². The summed E-state index contributed by atoms with van der Waals surface area (Å²) in [6.45, 7) is 3.74. The van der Waals surface area contributed by atoms with Crippen molar-refractivity contribution in [2.45, 2.75) is 13.8 Å². The van der Waals surface area contributed by atoms with E-state index in [2.05, 4.69) is 26.6 Å². The number of hydrogen-bond acceptors (Lipinski definition) is 1. The molecule has 0 unspecified atom stereocenters. The normalized spacial score (nSPS) is 10.6. The Morgan fingerprint density at radius 1 is 0.870 bits per heavy atom. The molecule has 0 aromatic heterocycles. The Labute approximate surface area is 144 Å². The first-order valence-corrected chi connectivity index (χ1v) is 7.58. The smallest absolute Gasteiger partial charge is 0.186 e. The zero-order valence-corrected chi connectivity index (χ0v) is 14.4. The Morgan fingerprint density at radius 2 is 1.35 bits per heavy atom. The van der Waals surface area contributed by atoms with E-state index in [1.165, 1.54) is 0 Å². The van der Waals surface area contributed by atoms with Gasteiger partial charge >= 0.3 is 0 Å². The Balaban J connectivity index is 2.27. The maximum Gasteiger partial charge on any atom is 0.186 e. The number of thiocarbonyl (C=S) groups is 1. The molecule has 2 aromatic carbocycles. The number of benzene rings is 2. The zero-order valence-electron chi connectivity index (χ0n) is 12.0. The molecule has 0 radical (unpaired) electrons. The molecule has 0 saturated carbocycles. The predicted octanol–water partition coefficient (Wildman–Crippen LogP) is 5.43. The number of anilines is 2. The largest absolute Gasteiger partial charge is 0.332 e. The van der Waals surface area contributed by atoms with E-state index in [9.17, 15) is 17.6 Å². The van der Waals surface area contributed by atoms with Gasteiger partial charge in [-0.15, -0.1) is 0 Å². The average Bonchev–Trinajstić information content (AvgIpc) is 2.46. The van der Waals surface area contributed by atoms with Crippen LogP contribution in [0.5, 0.6) is 0 Å². The van der Waals surface area contributed by atoms with Crippen molar-refractivity contribution in [3.05, 3.63) is 57.1 Å². The first-order valence-electron chi connectivity index (χ1n) is 6.38. The molecular formula is C15H11BrF4N2S. The summed E-state index contributed by atoms with van der Waals surface area (Å²) in [6, 6.07) is 5.45. The lowest BCUT2D eigenvalue weighted by molar-refractivity contribution is 0.452. The van der Waals surface area contributed by atoms with Crippen LogP contribution in [0.4, 0.5) is 28.9 Å². The topological polar surface area (TPSA) is 24.1 Å². The van der Waals surface area contributed by atoms with Gasteiger partial charge < -0.3 is 10.6 Å². The van der Waals surface area contributed by atoms with Gasteiger partial charge in [-0.3, -0.25) is 0 Å². The molecule has 0 bridgehead atoms. The van der Waals surface area contributed by atoms with E-state index >= 15 is 0 Å². The third-order valence-corrected chi connectivity index (χ3v) is 3.83. The molecule has 0 aliphatic carbocycles. The number of nitrogens with one attached hydrogen (secondary N) is 2. The lowest BCUT2D eigenvalue weighted by Crippen LogP contribution is -2.21. The van der Waals surface area contributed by atoms with Crippen molar-refractivity contribution in [2.24, 2.45) is 0 Å². The lowest BCUT2D eigenvalue weighted by Gasteiger charge is -2.14. The second-order valence-electron chi connectivity index (χ2n) is 4.90. The van der Waals surface area contributed by atoms with Crippen LogP contribution in [0.1, 0.15) is 11.1 Å². The summed E-state index contributed by atoms with van der Waals surface area (Å²) < 4.78 is 53.6. The summed E-state index contributed by atoms with van der Waals surface area (Å²) >= 11 is 7.38. The van der Waals surface area contributed by atoms with Gasteiger partial charge in [-0.2, -0.15) is 0 Å².